The fourth-order valence-electron chi connectivity index (χ4n) is 3.16. The molecule has 154 valence electrons. The van der Waals surface area contributed by atoms with Crippen molar-refractivity contribution in [2.24, 2.45) is 0 Å². The molecule has 31 heavy (non-hydrogen) atoms. The summed E-state index contributed by atoms with van der Waals surface area (Å²) in [6.07, 6.45) is 3.23. The SMILES string of the molecule is CC(=O)OC(=N)c1cc(Nc2ccnc(N)n2)cc(-c2cnc3ccccc3c2)c1N. The van der Waals surface area contributed by atoms with Gasteiger partial charge in [-0.3, -0.25) is 15.2 Å². The topological polar surface area (TPSA) is 153 Å². The second-order valence-electron chi connectivity index (χ2n) is 6.75. The molecule has 0 aliphatic heterocycles. The minimum absolute atomic E-state index is 0.118. The molecule has 9 nitrogen and oxygen atoms in total. The highest BCUT2D eigenvalue weighted by molar-refractivity contribution is 6.06. The zero-order chi connectivity index (χ0) is 22.0. The van der Waals surface area contributed by atoms with Crippen molar-refractivity contribution in [2.45, 2.75) is 6.92 Å². The monoisotopic (exact) mass is 413 g/mol. The van der Waals surface area contributed by atoms with Crippen molar-refractivity contribution in [1.82, 2.24) is 15.0 Å². The molecular formula is C22H19N7O2. The maximum atomic E-state index is 11.4. The van der Waals surface area contributed by atoms with Gasteiger partial charge < -0.3 is 21.5 Å². The number of nitrogen functional groups attached to an aromatic ring is 2. The zero-order valence-electron chi connectivity index (χ0n) is 16.6. The number of carbonyl (C=O) groups excluding carboxylic acids is 1. The Morgan fingerprint density at radius 3 is 2.68 bits per heavy atom. The van der Waals surface area contributed by atoms with Crippen molar-refractivity contribution >= 4 is 45.9 Å². The van der Waals surface area contributed by atoms with Crippen molar-refractivity contribution in [2.75, 3.05) is 16.8 Å². The summed E-state index contributed by atoms with van der Waals surface area (Å²) in [6.45, 7) is 1.23. The van der Waals surface area contributed by atoms with E-state index in [1.807, 2.05) is 36.4 Å². The number of esters is 1. The Bertz CT molecular complexity index is 1320. The number of nitrogens with two attached hydrogens (primary N) is 2. The fraction of sp³-hybridized carbons (Fsp3) is 0.0455. The molecule has 4 aromatic rings. The highest BCUT2D eigenvalue weighted by atomic mass is 16.5. The van der Waals surface area contributed by atoms with Gasteiger partial charge in [0, 0.05) is 41.5 Å². The molecule has 2 aromatic carbocycles. The van der Waals surface area contributed by atoms with E-state index in [-0.39, 0.29) is 23.1 Å². The minimum Gasteiger partial charge on any atom is -0.408 e. The molecule has 0 atom stereocenters. The highest BCUT2D eigenvalue weighted by Gasteiger charge is 2.17. The molecule has 0 aliphatic rings. The standard InChI is InChI=1S/C22H19N7O2/c1-12(30)31-21(24)17-10-15(28-19-6-7-26-22(25)29-19)9-16(20(17)23)14-8-13-4-2-3-5-18(13)27-11-14/h2-11,24H,23H2,1H3,(H3,25,26,28,29). The van der Waals surface area contributed by atoms with Gasteiger partial charge in [-0.05, 0) is 30.3 Å². The number of benzene rings is 2. The number of hydrogen-bond acceptors (Lipinski definition) is 9. The van der Waals surface area contributed by atoms with Crippen LogP contribution in [0.5, 0.6) is 0 Å². The maximum Gasteiger partial charge on any atom is 0.309 e. The lowest BCUT2D eigenvalue weighted by Gasteiger charge is -2.16. The van der Waals surface area contributed by atoms with Gasteiger partial charge in [-0.2, -0.15) is 4.98 Å². The van der Waals surface area contributed by atoms with Gasteiger partial charge >= 0.3 is 5.97 Å². The van der Waals surface area contributed by atoms with Crippen LogP contribution in [-0.2, 0) is 9.53 Å². The van der Waals surface area contributed by atoms with Crippen molar-refractivity contribution in [3.8, 4) is 11.1 Å². The summed E-state index contributed by atoms with van der Waals surface area (Å²) >= 11 is 0. The Balaban J connectivity index is 1.85. The van der Waals surface area contributed by atoms with Gasteiger partial charge in [0.2, 0.25) is 11.8 Å². The van der Waals surface area contributed by atoms with E-state index < -0.39 is 5.97 Å². The Hall–Kier alpha value is -4.53. The first-order valence-corrected chi connectivity index (χ1v) is 9.32. The molecule has 4 rings (SSSR count). The molecule has 6 N–H and O–H groups in total. The lowest BCUT2D eigenvalue weighted by molar-refractivity contribution is -0.133. The highest BCUT2D eigenvalue weighted by Crippen LogP contribution is 2.34. The predicted molar refractivity (Wildman–Crippen MR) is 120 cm³/mol. The van der Waals surface area contributed by atoms with Crippen LogP contribution in [0, 0.1) is 5.41 Å². The average Bonchev–Trinajstić information content (AvgIpc) is 2.74. The number of nitrogens with zero attached hydrogens (tertiary/aromatic N) is 3. The molecule has 2 heterocycles. The zero-order valence-corrected chi connectivity index (χ0v) is 16.6. The van der Waals surface area contributed by atoms with Crippen molar-refractivity contribution in [1.29, 1.82) is 5.41 Å². The lowest BCUT2D eigenvalue weighted by atomic mass is 9.99. The predicted octanol–water partition coefficient (Wildman–Crippen LogP) is 3.49. The van der Waals surface area contributed by atoms with Crippen molar-refractivity contribution in [3.05, 3.63) is 66.5 Å². The third kappa shape index (κ3) is 4.25. The van der Waals surface area contributed by atoms with Gasteiger partial charge in [0.05, 0.1) is 16.8 Å². The number of nitrogens with one attached hydrogen (secondary N) is 2. The number of pyridine rings is 1. The molecule has 0 aliphatic carbocycles. The number of ether oxygens (including phenoxy) is 1. The molecular weight excluding hydrogens is 394 g/mol. The van der Waals surface area contributed by atoms with Crippen LogP contribution in [0.4, 0.5) is 23.1 Å². The van der Waals surface area contributed by atoms with E-state index in [0.29, 0.717) is 17.1 Å². The third-order valence-electron chi connectivity index (χ3n) is 4.52. The molecule has 0 radical (unpaired) electrons. The van der Waals surface area contributed by atoms with E-state index in [4.69, 9.17) is 21.6 Å². The first kappa shape index (κ1) is 19.8. The van der Waals surface area contributed by atoms with E-state index in [2.05, 4.69) is 20.3 Å². The maximum absolute atomic E-state index is 11.4. The summed E-state index contributed by atoms with van der Waals surface area (Å²) in [7, 11) is 0. The molecule has 0 saturated carbocycles. The summed E-state index contributed by atoms with van der Waals surface area (Å²) in [5.41, 5.74) is 15.4. The van der Waals surface area contributed by atoms with Gasteiger partial charge in [-0.1, -0.05) is 18.2 Å². The number of fused-ring (bicyclic) bond motifs is 1. The number of para-hydroxylation sites is 1. The normalized spacial score (nSPS) is 10.6. The summed E-state index contributed by atoms with van der Waals surface area (Å²) in [4.78, 5) is 23.9. The van der Waals surface area contributed by atoms with Gasteiger partial charge in [-0.15, -0.1) is 0 Å². The summed E-state index contributed by atoms with van der Waals surface area (Å²) in [5, 5.41) is 12.3. The van der Waals surface area contributed by atoms with Gasteiger partial charge in [0.25, 0.3) is 0 Å². The van der Waals surface area contributed by atoms with Crippen LogP contribution in [0.1, 0.15) is 12.5 Å². The van der Waals surface area contributed by atoms with E-state index in [1.165, 1.54) is 13.1 Å². The van der Waals surface area contributed by atoms with Crippen LogP contribution < -0.4 is 16.8 Å². The third-order valence-corrected chi connectivity index (χ3v) is 4.52. The first-order valence-electron chi connectivity index (χ1n) is 9.32. The lowest BCUT2D eigenvalue weighted by Crippen LogP contribution is -2.13. The molecule has 0 saturated heterocycles. The smallest absolute Gasteiger partial charge is 0.309 e. The molecule has 0 amide bonds. The average molecular weight is 413 g/mol. The van der Waals surface area contributed by atoms with E-state index in [9.17, 15) is 4.79 Å². The molecule has 0 unspecified atom stereocenters. The number of hydrogen-bond donors (Lipinski definition) is 4. The van der Waals surface area contributed by atoms with Gasteiger partial charge in [0.1, 0.15) is 5.82 Å². The van der Waals surface area contributed by atoms with E-state index >= 15 is 0 Å². The van der Waals surface area contributed by atoms with Crippen molar-refractivity contribution < 1.29 is 9.53 Å². The molecule has 0 spiro atoms. The molecule has 0 bridgehead atoms. The second kappa shape index (κ2) is 8.07. The minimum atomic E-state index is -0.611. The summed E-state index contributed by atoms with van der Waals surface area (Å²) < 4.78 is 4.98. The Morgan fingerprint density at radius 2 is 1.90 bits per heavy atom. The van der Waals surface area contributed by atoms with Gasteiger partial charge in [-0.25, -0.2) is 4.98 Å². The van der Waals surface area contributed by atoms with Crippen molar-refractivity contribution in [3.63, 3.8) is 0 Å². The molecule has 0 fully saturated rings. The summed E-state index contributed by atoms with van der Waals surface area (Å²) in [5.74, 6) is -0.386. The quantitative estimate of drug-likeness (QED) is 0.172. The van der Waals surface area contributed by atoms with Gasteiger partial charge in [0.15, 0.2) is 0 Å². The van der Waals surface area contributed by atoms with Crippen LogP contribution in [0.2, 0.25) is 0 Å². The number of aromatic nitrogens is 3. The summed E-state index contributed by atoms with van der Waals surface area (Å²) in [6, 6.07) is 14.7. The fourth-order valence-corrected chi connectivity index (χ4v) is 3.16. The van der Waals surface area contributed by atoms with Crippen LogP contribution in [0.3, 0.4) is 0 Å². The van der Waals surface area contributed by atoms with Crippen LogP contribution in [0.15, 0.2) is 60.9 Å². The van der Waals surface area contributed by atoms with E-state index in [0.717, 1.165) is 16.5 Å². The van der Waals surface area contributed by atoms with E-state index in [1.54, 1.807) is 18.3 Å². The number of anilines is 4. The number of rotatable bonds is 4. The number of carbonyl (C=O) groups is 1. The van der Waals surface area contributed by atoms with Crippen LogP contribution in [-0.4, -0.2) is 26.8 Å². The molecule has 2 aromatic heterocycles. The van der Waals surface area contributed by atoms with Crippen LogP contribution in [0.25, 0.3) is 22.0 Å². The second-order valence-corrected chi connectivity index (χ2v) is 6.75. The Kier molecular flexibility index (Phi) is 5.15. The first-order chi connectivity index (χ1) is 14.9. The van der Waals surface area contributed by atoms with Crippen LogP contribution >= 0.6 is 0 Å². The molecule has 9 heteroatoms. The Morgan fingerprint density at radius 1 is 1.10 bits per heavy atom. The largest absolute Gasteiger partial charge is 0.408 e. The Labute approximate surface area is 177 Å².